The first-order chi connectivity index (χ1) is 6.18. The van der Waals surface area contributed by atoms with Crippen LogP contribution in [0.2, 0.25) is 5.02 Å². The number of hydrogen-bond acceptors (Lipinski definition) is 2. The molecule has 0 spiro atoms. The summed E-state index contributed by atoms with van der Waals surface area (Å²) in [6.07, 6.45) is 2.53. The number of anilines is 2. The van der Waals surface area contributed by atoms with E-state index in [9.17, 15) is 0 Å². The van der Waals surface area contributed by atoms with E-state index in [-0.39, 0.29) is 0 Å². The Morgan fingerprint density at radius 3 is 2.77 bits per heavy atom. The average molecular weight is 197 g/mol. The summed E-state index contributed by atoms with van der Waals surface area (Å²) in [6.45, 7) is 0. The van der Waals surface area contributed by atoms with Crippen molar-refractivity contribution in [2.45, 2.75) is 18.9 Å². The van der Waals surface area contributed by atoms with Gasteiger partial charge in [-0.2, -0.15) is 0 Å². The summed E-state index contributed by atoms with van der Waals surface area (Å²) in [5.74, 6) is 0. The molecule has 0 radical (unpaired) electrons. The Morgan fingerprint density at radius 1 is 1.46 bits per heavy atom. The van der Waals surface area contributed by atoms with E-state index >= 15 is 0 Å². The van der Waals surface area contributed by atoms with Gasteiger partial charge in [-0.05, 0) is 31.0 Å². The zero-order chi connectivity index (χ0) is 9.42. The van der Waals surface area contributed by atoms with E-state index in [0.717, 1.165) is 16.4 Å². The molecule has 0 saturated heterocycles. The zero-order valence-corrected chi connectivity index (χ0v) is 8.38. The van der Waals surface area contributed by atoms with Gasteiger partial charge < -0.3 is 10.6 Å². The SMILES string of the molecule is CN(c1cc(Cl)ccc1N)C1CC1. The molecule has 0 heterocycles. The molecule has 1 aliphatic carbocycles. The predicted molar refractivity (Wildman–Crippen MR) is 57.3 cm³/mol. The topological polar surface area (TPSA) is 29.3 Å². The third kappa shape index (κ3) is 1.73. The molecule has 1 aliphatic rings. The Kier molecular flexibility index (Phi) is 2.08. The number of nitrogens with zero attached hydrogens (tertiary/aromatic N) is 1. The molecule has 0 aromatic heterocycles. The van der Waals surface area contributed by atoms with Crippen LogP contribution in [-0.4, -0.2) is 13.1 Å². The van der Waals surface area contributed by atoms with Crippen LogP contribution in [0.5, 0.6) is 0 Å². The van der Waals surface area contributed by atoms with Gasteiger partial charge in [0.1, 0.15) is 0 Å². The van der Waals surface area contributed by atoms with Crippen LogP contribution in [0.4, 0.5) is 11.4 Å². The van der Waals surface area contributed by atoms with E-state index < -0.39 is 0 Å². The smallest absolute Gasteiger partial charge is 0.0614 e. The Morgan fingerprint density at radius 2 is 2.15 bits per heavy atom. The Labute approximate surface area is 83.3 Å². The first-order valence-corrected chi connectivity index (χ1v) is 4.84. The molecule has 2 rings (SSSR count). The number of hydrogen-bond donors (Lipinski definition) is 1. The minimum absolute atomic E-state index is 0.667. The summed E-state index contributed by atoms with van der Waals surface area (Å²) >= 11 is 5.90. The molecule has 70 valence electrons. The van der Waals surface area contributed by atoms with Gasteiger partial charge in [0.05, 0.1) is 11.4 Å². The van der Waals surface area contributed by atoms with E-state index in [0.29, 0.717) is 6.04 Å². The first kappa shape index (κ1) is 8.70. The fraction of sp³-hybridized carbons (Fsp3) is 0.400. The molecule has 2 N–H and O–H groups in total. The molecule has 1 fully saturated rings. The van der Waals surface area contributed by atoms with Crippen LogP contribution < -0.4 is 10.6 Å². The molecule has 0 atom stereocenters. The molecular weight excluding hydrogens is 184 g/mol. The molecule has 1 aromatic carbocycles. The van der Waals surface area contributed by atoms with Crippen molar-refractivity contribution in [3.8, 4) is 0 Å². The first-order valence-electron chi connectivity index (χ1n) is 4.46. The summed E-state index contributed by atoms with van der Waals surface area (Å²) < 4.78 is 0. The highest BCUT2D eigenvalue weighted by Gasteiger charge is 2.27. The van der Waals surface area contributed by atoms with Crippen molar-refractivity contribution in [3.05, 3.63) is 23.2 Å². The third-order valence-corrected chi connectivity index (χ3v) is 2.70. The molecule has 1 saturated carbocycles. The van der Waals surface area contributed by atoms with E-state index in [1.165, 1.54) is 12.8 Å². The molecule has 0 aliphatic heterocycles. The van der Waals surface area contributed by atoms with Crippen molar-refractivity contribution in [1.82, 2.24) is 0 Å². The Bertz CT molecular complexity index is 321. The molecule has 0 unspecified atom stereocenters. The minimum atomic E-state index is 0.667. The number of benzene rings is 1. The maximum absolute atomic E-state index is 5.90. The average Bonchev–Trinajstić information content (AvgIpc) is 2.91. The lowest BCUT2D eigenvalue weighted by Gasteiger charge is -2.20. The summed E-state index contributed by atoms with van der Waals surface area (Å²) in [5.41, 5.74) is 7.71. The van der Waals surface area contributed by atoms with Crippen LogP contribution in [0.15, 0.2) is 18.2 Å². The van der Waals surface area contributed by atoms with Gasteiger partial charge in [0.25, 0.3) is 0 Å². The highest BCUT2D eigenvalue weighted by Crippen LogP contribution is 2.34. The van der Waals surface area contributed by atoms with Crippen molar-refractivity contribution in [2.75, 3.05) is 17.7 Å². The van der Waals surface area contributed by atoms with Crippen LogP contribution in [0.1, 0.15) is 12.8 Å². The van der Waals surface area contributed by atoms with Gasteiger partial charge in [-0.25, -0.2) is 0 Å². The van der Waals surface area contributed by atoms with Crippen molar-refractivity contribution in [1.29, 1.82) is 0 Å². The quantitative estimate of drug-likeness (QED) is 0.737. The standard InChI is InChI=1S/C10H13ClN2/c1-13(8-3-4-8)10-6-7(11)2-5-9(10)12/h2,5-6,8H,3-4,12H2,1H3. The molecule has 2 nitrogen and oxygen atoms in total. The lowest BCUT2D eigenvalue weighted by molar-refractivity contribution is 0.919. The molecule has 0 amide bonds. The summed E-state index contributed by atoms with van der Waals surface area (Å²) in [7, 11) is 2.07. The summed E-state index contributed by atoms with van der Waals surface area (Å²) in [5, 5.41) is 0.747. The van der Waals surface area contributed by atoms with E-state index in [1.807, 2.05) is 18.2 Å². The predicted octanol–water partition coefficient (Wildman–Crippen LogP) is 2.52. The zero-order valence-electron chi connectivity index (χ0n) is 7.63. The maximum Gasteiger partial charge on any atom is 0.0614 e. The van der Waals surface area contributed by atoms with Crippen LogP contribution in [0.3, 0.4) is 0 Å². The maximum atomic E-state index is 5.90. The highest BCUT2D eigenvalue weighted by atomic mass is 35.5. The third-order valence-electron chi connectivity index (χ3n) is 2.47. The van der Waals surface area contributed by atoms with E-state index in [2.05, 4.69) is 11.9 Å². The van der Waals surface area contributed by atoms with Crippen LogP contribution in [0.25, 0.3) is 0 Å². The fourth-order valence-electron chi connectivity index (χ4n) is 1.48. The van der Waals surface area contributed by atoms with Crippen LogP contribution in [0, 0.1) is 0 Å². The van der Waals surface area contributed by atoms with Crippen molar-refractivity contribution in [3.63, 3.8) is 0 Å². The molecule has 1 aromatic rings. The van der Waals surface area contributed by atoms with Gasteiger partial charge in [0.2, 0.25) is 0 Å². The molecule has 3 heteroatoms. The normalized spacial score (nSPS) is 15.8. The molecule has 13 heavy (non-hydrogen) atoms. The second-order valence-corrected chi connectivity index (χ2v) is 3.98. The van der Waals surface area contributed by atoms with Gasteiger partial charge in [0.15, 0.2) is 0 Å². The highest BCUT2D eigenvalue weighted by molar-refractivity contribution is 6.31. The van der Waals surface area contributed by atoms with Crippen LogP contribution >= 0.6 is 11.6 Å². The second kappa shape index (κ2) is 3.11. The van der Waals surface area contributed by atoms with Gasteiger partial charge in [-0.3, -0.25) is 0 Å². The van der Waals surface area contributed by atoms with E-state index in [1.54, 1.807) is 0 Å². The Hall–Kier alpha value is -0.890. The van der Waals surface area contributed by atoms with Crippen LogP contribution in [-0.2, 0) is 0 Å². The number of nitrogen functional groups attached to an aromatic ring is 1. The molecular formula is C10H13ClN2. The van der Waals surface area contributed by atoms with Gasteiger partial charge in [-0.15, -0.1) is 0 Å². The number of nitrogens with two attached hydrogens (primary N) is 1. The monoisotopic (exact) mass is 196 g/mol. The lowest BCUT2D eigenvalue weighted by Crippen LogP contribution is -2.20. The summed E-state index contributed by atoms with van der Waals surface area (Å²) in [4.78, 5) is 2.21. The summed E-state index contributed by atoms with van der Waals surface area (Å²) in [6, 6.07) is 6.27. The second-order valence-electron chi connectivity index (χ2n) is 3.55. The van der Waals surface area contributed by atoms with Crippen molar-refractivity contribution in [2.24, 2.45) is 0 Å². The van der Waals surface area contributed by atoms with Gasteiger partial charge >= 0.3 is 0 Å². The van der Waals surface area contributed by atoms with Crippen molar-refractivity contribution >= 4 is 23.0 Å². The van der Waals surface area contributed by atoms with E-state index in [4.69, 9.17) is 17.3 Å². The van der Waals surface area contributed by atoms with Gasteiger partial charge in [0, 0.05) is 18.1 Å². The lowest BCUT2D eigenvalue weighted by atomic mass is 10.2. The number of halogens is 1. The molecule has 0 bridgehead atoms. The van der Waals surface area contributed by atoms with Crippen molar-refractivity contribution < 1.29 is 0 Å². The van der Waals surface area contributed by atoms with Gasteiger partial charge in [-0.1, -0.05) is 11.6 Å². The number of rotatable bonds is 2. The fourth-order valence-corrected chi connectivity index (χ4v) is 1.65. The largest absolute Gasteiger partial charge is 0.397 e. The minimum Gasteiger partial charge on any atom is -0.397 e. The Balaban J connectivity index is 2.31.